The van der Waals surface area contributed by atoms with Gasteiger partial charge in [0.1, 0.15) is 0 Å². The molecule has 8 heteroatoms. The highest BCUT2D eigenvalue weighted by Gasteiger charge is 2.24. The molecule has 20 heavy (non-hydrogen) atoms. The molecule has 0 heterocycles. The van der Waals surface area contributed by atoms with Crippen LogP contribution >= 0.6 is 0 Å². The molecule has 1 unspecified atom stereocenters. The molecular formula is C12H16N2O5S. The zero-order valence-electron chi connectivity index (χ0n) is 11.1. The first-order valence-corrected chi connectivity index (χ1v) is 7.56. The van der Waals surface area contributed by atoms with E-state index in [9.17, 15) is 18.0 Å². The Morgan fingerprint density at radius 2 is 1.85 bits per heavy atom. The number of carbonyl (C=O) groups is 2. The second kappa shape index (κ2) is 7.01. The number of benzene rings is 1. The van der Waals surface area contributed by atoms with Crippen LogP contribution in [-0.4, -0.2) is 32.7 Å². The van der Waals surface area contributed by atoms with E-state index in [0.29, 0.717) is 0 Å². The maximum atomic E-state index is 11.8. The fraction of sp³-hybridized carbons (Fsp3) is 0.333. The van der Waals surface area contributed by atoms with Crippen molar-refractivity contribution in [3.05, 3.63) is 35.9 Å². The monoisotopic (exact) mass is 300 g/mol. The quantitative estimate of drug-likeness (QED) is 0.557. The van der Waals surface area contributed by atoms with Crippen LogP contribution in [0.2, 0.25) is 0 Å². The van der Waals surface area contributed by atoms with Crippen LogP contribution in [0.4, 0.5) is 0 Å². The van der Waals surface area contributed by atoms with Crippen LogP contribution < -0.4 is 10.6 Å². The van der Waals surface area contributed by atoms with Crippen LogP contribution in [0.1, 0.15) is 12.5 Å². The van der Waals surface area contributed by atoms with E-state index < -0.39 is 28.2 Å². The number of carbonyl (C=O) groups excluding carboxylic acids is 2. The number of rotatable bonds is 6. The zero-order valence-corrected chi connectivity index (χ0v) is 11.9. The molecule has 0 aliphatic heterocycles. The van der Waals surface area contributed by atoms with Gasteiger partial charge in [0.25, 0.3) is 16.0 Å². The second-order valence-electron chi connectivity index (χ2n) is 4.08. The molecule has 0 bridgehead atoms. The van der Waals surface area contributed by atoms with E-state index in [1.165, 1.54) is 0 Å². The summed E-state index contributed by atoms with van der Waals surface area (Å²) in [5.41, 5.74) is 0.835. The van der Waals surface area contributed by atoms with Crippen molar-refractivity contribution in [1.29, 1.82) is 0 Å². The van der Waals surface area contributed by atoms with Crippen molar-refractivity contribution in [3.8, 4) is 0 Å². The topological polar surface area (TPSA) is 102 Å². The minimum absolute atomic E-state index is 0.197. The van der Waals surface area contributed by atoms with Gasteiger partial charge in [-0.1, -0.05) is 30.3 Å². The van der Waals surface area contributed by atoms with Gasteiger partial charge in [0.05, 0.1) is 6.26 Å². The first kappa shape index (κ1) is 16.1. The lowest BCUT2D eigenvalue weighted by molar-refractivity contribution is -0.134. The minimum Gasteiger partial charge on any atom is -0.348 e. The van der Waals surface area contributed by atoms with Crippen molar-refractivity contribution in [3.63, 3.8) is 0 Å². The Labute approximate surface area is 117 Å². The molecule has 0 spiro atoms. The van der Waals surface area contributed by atoms with E-state index in [1.807, 2.05) is 6.07 Å². The molecule has 0 fully saturated rings. The minimum atomic E-state index is -3.87. The van der Waals surface area contributed by atoms with Gasteiger partial charge in [0, 0.05) is 13.5 Å². The summed E-state index contributed by atoms with van der Waals surface area (Å²) in [6.07, 6.45) is -0.780. The van der Waals surface area contributed by atoms with Crippen molar-refractivity contribution in [2.45, 2.75) is 19.7 Å². The maximum Gasteiger partial charge on any atom is 0.271 e. The molecular weight excluding hydrogens is 284 g/mol. The first-order valence-electron chi connectivity index (χ1n) is 5.75. The van der Waals surface area contributed by atoms with Gasteiger partial charge >= 0.3 is 0 Å². The zero-order chi connectivity index (χ0) is 15.2. The fourth-order valence-corrected chi connectivity index (χ4v) is 1.86. The first-order chi connectivity index (χ1) is 9.28. The number of nitrogens with one attached hydrogen (secondary N) is 2. The lowest BCUT2D eigenvalue weighted by Gasteiger charge is -2.16. The van der Waals surface area contributed by atoms with Crippen molar-refractivity contribution < 1.29 is 22.2 Å². The van der Waals surface area contributed by atoms with Crippen molar-refractivity contribution in [1.82, 2.24) is 10.6 Å². The van der Waals surface area contributed by atoms with Gasteiger partial charge in [0.15, 0.2) is 0 Å². The van der Waals surface area contributed by atoms with Gasteiger partial charge < -0.3 is 10.6 Å². The Bertz CT molecular complexity index is 571. The normalized spacial score (nSPS) is 12.5. The molecule has 110 valence electrons. The standard InChI is InChI=1S/C12H16N2O5S/c1-9(15)14-12(19-20(2,17)18)11(16)13-8-10-6-4-3-5-7-10/h3-7,12H,8H2,1-2H3,(H,13,16)(H,14,15). The van der Waals surface area contributed by atoms with Crippen LogP contribution in [0, 0.1) is 0 Å². The summed E-state index contributed by atoms with van der Waals surface area (Å²) in [6.45, 7) is 1.35. The lowest BCUT2D eigenvalue weighted by atomic mass is 10.2. The Hall–Kier alpha value is -1.93. The predicted octanol–water partition coefficient (Wildman–Crippen LogP) is -0.259. The summed E-state index contributed by atoms with van der Waals surface area (Å²) in [5.74, 6) is -1.32. The Balaban J connectivity index is 2.65. The van der Waals surface area contributed by atoms with Crippen LogP contribution in [0.3, 0.4) is 0 Å². The third kappa shape index (κ3) is 6.30. The Morgan fingerprint density at radius 3 is 2.35 bits per heavy atom. The van der Waals surface area contributed by atoms with E-state index in [4.69, 9.17) is 0 Å². The molecule has 0 radical (unpaired) electrons. The largest absolute Gasteiger partial charge is 0.348 e. The molecule has 7 nitrogen and oxygen atoms in total. The second-order valence-corrected chi connectivity index (χ2v) is 5.69. The lowest BCUT2D eigenvalue weighted by Crippen LogP contribution is -2.48. The Kier molecular flexibility index (Phi) is 5.66. The van der Waals surface area contributed by atoms with Gasteiger partial charge in [-0.15, -0.1) is 0 Å². The summed E-state index contributed by atoms with van der Waals surface area (Å²) in [5, 5.41) is 4.60. The van der Waals surface area contributed by atoms with Crippen LogP contribution in [0.5, 0.6) is 0 Å². The average Bonchev–Trinajstić information content (AvgIpc) is 2.34. The van der Waals surface area contributed by atoms with Crippen LogP contribution in [0.15, 0.2) is 30.3 Å². The summed E-state index contributed by atoms with van der Waals surface area (Å²) in [6, 6.07) is 9.04. The Morgan fingerprint density at radius 1 is 1.25 bits per heavy atom. The summed E-state index contributed by atoms with van der Waals surface area (Å²) >= 11 is 0. The molecule has 2 amide bonds. The third-order valence-corrected chi connectivity index (χ3v) is 2.70. The summed E-state index contributed by atoms with van der Waals surface area (Å²) in [7, 11) is -3.87. The third-order valence-electron chi connectivity index (χ3n) is 2.15. The molecule has 1 atom stereocenters. The molecule has 0 saturated carbocycles. The highest BCUT2D eigenvalue weighted by Crippen LogP contribution is 1.99. The number of hydrogen-bond acceptors (Lipinski definition) is 5. The van der Waals surface area contributed by atoms with Crippen molar-refractivity contribution in [2.75, 3.05) is 6.26 Å². The average molecular weight is 300 g/mol. The maximum absolute atomic E-state index is 11.8. The molecule has 2 N–H and O–H groups in total. The highest BCUT2D eigenvalue weighted by atomic mass is 32.2. The molecule has 0 saturated heterocycles. The van der Waals surface area contributed by atoms with Gasteiger partial charge in [-0.2, -0.15) is 8.42 Å². The smallest absolute Gasteiger partial charge is 0.271 e. The molecule has 0 aliphatic rings. The highest BCUT2D eigenvalue weighted by molar-refractivity contribution is 7.86. The molecule has 1 aromatic rings. The van der Waals surface area contributed by atoms with Gasteiger partial charge in [-0.25, -0.2) is 4.18 Å². The SMILES string of the molecule is CC(=O)NC(OS(C)(=O)=O)C(=O)NCc1ccccc1. The van der Waals surface area contributed by atoms with Gasteiger partial charge in [0.2, 0.25) is 12.1 Å². The van der Waals surface area contributed by atoms with Crippen molar-refractivity contribution in [2.24, 2.45) is 0 Å². The molecule has 1 rings (SSSR count). The summed E-state index contributed by atoms with van der Waals surface area (Å²) < 4.78 is 26.6. The molecule has 0 aromatic heterocycles. The van der Waals surface area contributed by atoms with Gasteiger partial charge in [-0.05, 0) is 5.56 Å². The van der Waals surface area contributed by atoms with E-state index in [0.717, 1.165) is 18.7 Å². The van der Waals surface area contributed by atoms with Crippen molar-refractivity contribution >= 4 is 21.9 Å². The fourth-order valence-electron chi connectivity index (χ4n) is 1.37. The van der Waals surface area contributed by atoms with Crippen LogP contribution in [0.25, 0.3) is 0 Å². The van der Waals surface area contributed by atoms with E-state index in [-0.39, 0.29) is 6.54 Å². The number of amides is 2. The number of hydrogen-bond donors (Lipinski definition) is 2. The summed E-state index contributed by atoms with van der Waals surface area (Å²) in [4.78, 5) is 22.8. The molecule has 1 aromatic carbocycles. The van der Waals surface area contributed by atoms with E-state index in [2.05, 4.69) is 14.8 Å². The van der Waals surface area contributed by atoms with E-state index in [1.54, 1.807) is 24.3 Å². The van der Waals surface area contributed by atoms with Gasteiger partial charge in [-0.3, -0.25) is 9.59 Å². The predicted molar refractivity (Wildman–Crippen MR) is 71.8 cm³/mol. The molecule has 0 aliphatic carbocycles. The van der Waals surface area contributed by atoms with Crippen LogP contribution in [-0.2, 0) is 30.4 Å². The van der Waals surface area contributed by atoms with E-state index >= 15 is 0 Å².